The lowest BCUT2D eigenvalue weighted by Crippen LogP contribution is -2.51. The van der Waals surface area contributed by atoms with E-state index in [0.29, 0.717) is 5.84 Å². The van der Waals surface area contributed by atoms with Crippen LogP contribution in [0.4, 0.5) is 0 Å². The van der Waals surface area contributed by atoms with Crippen molar-refractivity contribution >= 4 is 5.84 Å². The van der Waals surface area contributed by atoms with Crippen molar-refractivity contribution in [2.24, 2.45) is 0 Å². The van der Waals surface area contributed by atoms with Gasteiger partial charge in [-0.05, 0) is 25.3 Å². The highest BCUT2D eigenvalue weighted by Crippen LogP contribution is 2.33. The summed E-state index contributed by atoms with van der Waals surface area (Å²) in [5.74, 6) is 0.661. The third-order valence-electron chi connectivity index (χ3n) is 3.94. The molecule has 0 aliphatic carbocycles. The molecule has 17 heavy (non-hydrogen) atoms. The molecule has 0 aromatic heterocycles. The zero-order valence-electron chi connectivity index (χ0n) is 10.2. The van der Waals surface area contributed by atoms with Crippen molar-refractivity contribution < 1.29 is 4.74 Å². The van der Waals surface area contributed by atoms with Crippen LogP contribution in [0.5, 0.6) is 0 Å². The highest BCUT2D eigenvalue weighted by molar-refractivity contribution is 6.00. The summed E-state index contributed by atoms with van der Waals surface area (Å²) in [6.45, 7) is 4.68. The van der Waals surface area contributed by atoms with E-state index in [-0.39, 0.29) is 5.54 Å². The van der Waals surface area contributed by atoms with Crippen molar-refractivity contribution in [3.05, 3.63) is 35.4 Å². The summed E-state index contributed by atoms with van der Waals surface area (Å²) in [5, 5.41) is 8.32. The van der Waals surface area contributed by atoms with Crippen LogP contribution in [0.3, 0.4) is 0 Å². The zero-order valence-corrected chi connectivity index (χ0v) is 10.2. The fourth-order valence-corrected chi connectivity index (χ4v) is 2.88. The van der Waals surface area contributed by atoms with E-state index in [0.717, 1.165) is 38.2 Å². The van der Waals surface area contributed by atoms with E-state index >= 15 is 0 Å². The molecular formula is C14H18N2O. The van der Waals surface area contributed by atoms with Gasteiger partial charge in [-0.3, -0.25) is 5.41 Å². The van der Waals surface area contributed by atoms with E-state index in [1.165, 1.54) is 5.56 Å². The molecule has 2 aliphatic heterocycles. The third-order valence-corrected chi connectivity index (χ3v) is 3.94. The molecule has 1 atom stereocenters. The summed E-state index contributed by atoms with van der Waals surface area (Å²) >= 11 is 0. The number of fused-ring (bicyclic) bond motifs is 1. The van der Waals surface area contributed by atoms with Crippen LogP contribution in [0.2, 0.25) is 0 Å². The summed E-state index contributed by atoms with van der Waals surface area (Å²) in [4.78, 5) is 2.21. The van der Waals surface area contributed by atoms with Gasteiger partial charge in [0.2, 0.25) is 0 Å². The first-order valence-corrected chi connectivity index (χ1v) is 6.23. The maximum absolute atomic E-state index is 8.32. The molecule has 3 heteroatoms. The van der Waals surface area contributed by atoms with Crippen LogP contribution in [-0.2, 0) is 11.3 Å². The molecule has 1 saturated heterocycles. The van der Waals surface area contributed by atoms with Gasteiger partial charge in [0, 0.05) is 18.7 Å². The normalized spacial score (nSPS) is 28.3. The van der Waals surface area contributed by atoms with E-state index < -0.39 is 0 Å². The number of amidine groups is 1. The first-order valence-electron chi connectivity index (χ1n) is 6.23. The quantitative estimate of drug-likeness (QED) is 0.804. The summed E-state index contributed by atoms with van der Waals surface area (Å²) in [5.41, 5.74) is 2.34. The van der Waals surface area contributed by atoms with E-state index in [4.69, 9.17) is 10.1 Å². The zero-order chi connectivity index (χ0) is 11.9. The van der Waals surface area contributed by atoms with Gasteiger partial charge in [0.1, 0.15) is 5.84 Å². The van der Waals surface area contributed by atoms with Gasteiger partial charge in [-0.15, -0.1) is 0 Å². The molecule has 0 bridgehead atoms. The largest absolute Gasteiger partial charge is 0.379 e. The van der Waals surface area contributed by atoms with Crippen molar-refractivity contribution in [2.75, 3.05) is 13.2 Å². The molecule has 3 nitrogen and oxygen atoms in total. The molecule has 0 amide bonds. The van der Waals surface area contributed by atoms with Gasteiger partial charge in [0.25, 0.3) is 0 Å². The molecule has 1 unspecified atom stereocenters. The van der Waals surface area contributed by atoms with Gasteiger partial charge >= 0.3 is 0 Å². The maximum atomic E-state index is 8.32. The Bertz CT molecular complexity index is 449. The minimum absolute atomic E-state index is 0.00560. The van der Waals surface area contributed by atoms with Gasteiger partial charge in [0.05, 0.1) is 12.1 Å². The minimum atomic E-state index is -0.00560. The SMILES string of the molecule is CC1(N2Cc3ccccc3C2=N)CCCOC1. The number of nitrogens with one attached hydrogen (secondary N) is 1. The van der Waals surface area contributed by atoms with Crippen LogP contribution < -0.4 is 0 Å². The fraction of sp³-hybridized carbons (Fsp3) is 0.500. The highest BCUT2D eigenvalue weighted by Gasteiger charge is 2.39. The number of benzene rings is 1. The van der Waals surface area contributed by atoms with E-state index in [1.807, 2.05) is 12.1 Å². The standard InChI is InChI=1S/C14H18N2O/c1-14(7-4-8-17-10-14)16-9-11-5-2-3-6-12(11)13(16)15/h2-3,5-6,15H,4,7-10H2,1H3. The summed E-state index contributed by atoms with van der Waals surface area (Å²) in [7, 11) is 0. The van der Waals surface area contributed by atoms with Gasteiger partial charge in [0.15, 0.2) is 0 Å². The number of rotatable bonds is 1. The lowest BCUT2D eigenvalue weighted by Gasteiger charge is -2.42. The second kappa shape index (κ2) is 3.84. The van der Waals surface area contributed by atoms with Crippen LogP contribution >= 0.6 is 0 Å². The second-order valence-electron chi connectivity index (χ2n) is 5.24. The summed E-state index contributed by atoms with van der Waals surface area (Å²) < 4.78 is 5.61. The topological polar surface area (TPSA) is 36.3 Å². The molecule has 0 radical (unpaired) electrons. The Balaban J connectivity index is 1.90. The third kappa shape index (κ3) is 1.65. The van der Waals surface area contributed by atoms with Gasteiger partial charge in [-0.1, -0.05) is 24.3 Å². The maximum Gasteiger partial charge on any atom is 0.129 e. The number of nitrogens with zero attached hydrogens (tertiary/aromatic N) is 1. The molecule has 1 aromatic carbocycles. The number of hydrogen-bond donors (Lipinski definition) is 1. The molecule has 1 fully saturated rings. The van der Waals surface area contributed by atoms with E-state index in [2.05, 4.69) is 24.0 Å². The Morgan fingerprint density at radius 1 is 1.35 bits per heavy atom. The van der Waals surface area contributed by atoms with Gasteiger partial charge in [-0.25, -0.2) is 0 Å². The second-order valence-corrected chi connectivity index (χ2v) is 5.24. The lowest BCUT2D eigenvalue weighted by atomic mass is 9.93. The average Bonchev–Trinajstić information content (AvgIpc) is 2.69. The van der Waals surface area contributed by atoms with Crippen LogP contribution in [0.1, 0.15) is 30.9 Å². The molecule has 0 saturated carbocycles. The van der Waals surface area contributed by atoms with Crippen LogP contribution in [0, 0.1) is 5.41 Å². The van der Waals surface area contributed by atoms with Crippen LogP contribution in [0.25, 0.3) is 0 Å². The Hall–Kier alpha value is -1.35. The Morgan fingerprint density at radius 2 is 2.18 bits per heavy atom. The number of hydrogen-bond acceptors (Lipinski definition) is 2. The molecule has 1 N–H and O–H groups in total. The molecule has 90 valence electrons. The fourth-order valence-electron chi connectivity index (χ4n) is 2.88. The summed E-state index contributed by atoms with van der Waals surface area (Å²) in [6, 6.07) is 8.23. The Kier molecular flexibility index (Phi) is 2.44. The van der Waals surface area contributed by atoms with E-state index in [9.17, 15) is 0 Å². The van der Waals surface area contributed by atoms with E-state index in [1.54, 1.807) is 0 Å². The Morgan fingerprint density at radius 3 is 2.88 bits per heavy atom. The number of ether oxygens (including phenoxy) is 1. The van der Waals surface area contributed by atoms with Gasteiger partial charge < -0.3 is 9.64 Å². The van der Waals surface area contributed by atoms with Crippen molar-refractivity contribution in [1.29, 1.82) is 5.41 Å². The molecular weight excluding hydrogens is 212 g/mol. The smallest absolute Gasteiger partial charge is 0.129 e. The Labute approximate surface area is 102 Å². The monoisotopic (exact) mass is 230 g/mol. The molecule has 2 aliphatic rings. The van der Waals surface area contributed by atoms with Gasteiger partial charge in [-0.2, -0.15) is 0 Å². The molecule has 1 aromatic rings. The first kappa shape index (κ1) is 10.8. The van der Waals surface area contributed by atoms with Crippen LogP contribution in [-0.4, -0.2) is 29.5 Å². The average molecular weight is 230 g/mol. The summed E-state index contributed by atoms with van der Waals surface area (Å²) in [6.07, 6.45) is 2.21. The van der Waals surface area contributed by atoms with Crippen molar-refractivity contribution in [2.45, 2.75) is 31.8 Å². The molecule has 2 heterocycles. The minimum Gasteiger partial charge on any atom is -0.379 e. The molecule has 3 rings (SSSR count). The van der Waals surface area contributed by atoms with Crippen LogP contribution in [0.15, 0.2) is 24.3 Å². The first-order chi connectivity index (χ1) is 8.21. The van der Waals surface area contributed by atoms with Crippen molar-refractivity contribution in [3.63, 3.8) is 0 Å². The predicted octanol–water partition coefficient (Wildman–Crippen LogP) is 2.40. The molecule has 0 spiro atoms. The van der Waals surface area contributed by atoms with Crippen molar-refractivity contribution in [1.82, 2.24) is 4.90 Å². The predicted molar refractivity (Wildman–Crippen MR) is 67.3 cm³/mol. The highest BCUT2D eigenvalue weighted by atomic mass is 16.5. The lowest BCUT2D eigenvalue weighted by molar-refractivity contribution is -0.0122. The van der Waals surface area contributed by atoms with Crippen molar-refractivity contribution in [3.8, 4) is 0 Å².